The zero-order chi connectivity index (χ0) is 14.9. The van der Waals surface area contributed by atoms with Crippen LogP contribution in [0.2, 0.25) is 5.02 Å². The average Bonchev–Trinajstić information content (AvgIpc) is 3.28. The van der Waals surface area contributed by atoms with Crippen molar-refractivity contribution in [1.29, 1.82) is 0 Å². The maximum Gasteiger partial charge on any atom is 0.240 e. The van der Waals surface area contributed by atoms with E-state index in [9.17, 15) is 8.42 Å². The molecule has 0 aromatic heterocycles. The highest BCUT2D eigenvalue weighted by atomic mass is 35.5. The van der Waals surface area contributed by atoms with Crippen LogP contribution in [0.4, 0.5) is 0 Å². The van der Waals surface area contributed by atoms with E-state index in [1.165, 1.54) is 0 Å². The van der Waals surface area contributed by atoms with Crippen molar-refractivity contribution in [3.05, 3.63) is 65.2 Å². The molecule has 0 amide bonds. The van der Waals surface area contributed by atoms with Crippen molar-refractivity contribution < 1.29 is 8.42 Å². The summed E-state index contributed by atoms with van der Waals surface area (Å²) < 4.78 is 27.3. The van der Waals surface area contributed by atoms with Gasteiger partial charge in [0.25, 0.3) is 0 Å². The fourth-order valence-electron chi connectivity index (χ4n) is 2.44. The molecule has 1 aliphatic carbocycles. The van der Waals surface area contributed by atoms with Crippen molar-refractivity contribution in [2.45, 2.75) is 23.2 Å². The van der Waals surface area contributed by atoms with Crippen LogP contribution in [0, 0.1) is 0 Å². The number of hydrogen-bond acceptors (Lipinski definition) is 2. The largest absolute Gasteiger partial charge is 0.240 e. The van der Waals surface area contributed by atoms with Crippen molar-refractivity contribution in [2.75, 3.05) is 6.54 Å². The zero-order valence-electron chi connectivity index (χ0n) is 11.4. The molecule has 1 saturated carbocycles. The smallest absolute Gasteiger partial charge is 0.210 e. The molecule has 1 aliphatic rings. The van der Waals surface area contributed by atoms with Crippen LogP contribution in [0.15, 0.2) is 59.5 Å². The second kappa shape index (κ2) is 5.44. The molecule has 21 heavy (non-hydrogen) atoms. The summed E-state index contributed by atoms with van der Waals surface area (Å²) >= 11 is 5.90. The van der Waals surface area contributed by atoms with E-state index in [4.69, 9.17) is 11.6 Å². The van der Waals surface area contributed by atoms with Gasteiger partial charge in [0.2, 0.25) is 10.0 Å². The van der Waals surface area contributed by atoms with Gasteiger partial charge in [-0.15, -0.1) is 0 Å². The summed E-state index contributed by atoms with van der Waals surface area (Å²) in [7, 11) is -3.45. The van der Waals surface area contributed by atoms with E-state index in [-0.39, 0.29) is 5.41 Å². The molecule has 2 aromatic carbocycles. The minimum absolute atomic E-state index is 0.0769. The number of rotatable bonds is 5. The molecule has 0 bridgehead atoms. The van der Waals surface area contributed by atoms with Crippen molar-refractivity contribution in [2.24, 2.45) is 0 Å². The monoisotopic (exact) mass is 321 g/mol. The summed E-state index contributed by atoms with van der Waals surface area (Å²) in [4.78, 5) is 0.303. The van der Waals surface area contributed by atoms with E-state index >= 15 is 0 Å². The van der Waals surface area contributed by atoms with Gasteiger partial charge in [-0.25, -0.2) is 13.1 Å². The molecule has 5 heteroatoms. The lowest BCUT2D eigenvalue weighted by Gasteiger charge is -2.17. The van der Waals surface area contributed by atoms with E-state index in [0.29, 0.717) is 16.5 Å². The van der Waals surface area contributed by atoms with E-state index in [0.717, 1.165) is 18.4 Å². The minimum Gasteiger partial charge on any atom is -0.210 e. The van der Waals surface area contributed by atoms with Gasteiger partial charge in [-0.05, 0) is 42.7 Å². The summed E-state index contributed by atoms with van der Waals surface area (Å²) in [5, 5.41) is 0.694. The van der Waals surface area contributed by atoms with Crippen molar-refractivity contribution >= 4 is 21.6 Å². The second-order valence-electron chi connectivity index (χ2n) is 5.42. The van der Waals surface area contributed by atoms with Crippen LogP contribution in [0.1, 0.15) is 18.4 Å². The minimum atomic E-state index is -3.45. The van der Waals surface area contributed by atoms with Crippen LogP contribution in [0.3, 0.4) is 0 Å². The Bertz CT molecular complexity index is 723. The molecule has 3 nitrogen and oxygen atoms in total. The number of halogens is 1. The van der Waals surface area contributed by atoms with Gasteiger partial charge >= 0.3 is 0 Å². The Kier molecular flexibility index (Phi) is 3.78. The third-order valence-electron chi connectivity index (χ3n) is 3.96. The van der Waals surface area contributed by atoms with Gasteiger partial charge in [-0.1, -0.05) is 41.9 Å². The van der Waals surface area contributed by atoms with Gasteiger partial charge in [0.1, 0.15) is 0 Å². The fourth-order valence-corrected chi connectivity index (χ4v) is 3.71. The molecule has 0 unspecified atom stereocenters. The predicted octanol–water partition coefficient (Wildman–Crippen LogP) is 3.35. The lowest BCUT2D eigenvalue weighted by molar-refractivity contribution is 0.567. The normalized spacial score (nSPS) is 16.6. The number of hydrogen-bond donors (Lipinski definition) is 1. The van der Waals surface area contributed by atoms with E-state index < -0.39 is 10.0 Å². The zero-order valence-corrected chi connectivity index (χ0v) is 13.0. The number of benzene rings is 2. The summed E-state index contributed by atoms with van der Waals surface area (Å²) in [6.07, 6.45) is 1.98. The Morgan fingerprint density at radius 2 is 1.62 bits per heavy atom. The van der Waals surface area contributed by atoms with Gasteiger partial charge in [0.05, 0.1) is 4.90 Å². The Hall–Kier alpha value is -1.36. The topological polar surface area (TPSA) is 46.2 Å². The molecule has 3 rings (SSSR count). The Labute approximate surface area is 130 Å². The molecular weight excluding hydrogens is 306 g/mol. The van der Waals surface area contributed by atoms with Crippen LogP contribution >= 0.6 is 11.6 Å². The van der Waals surface area contributed by atoms with Crippen LogP contribution in [-0.2, 0) is 15.4 Å². The first-order valence-corrected chi connectivity index (χ1v) is 8.69. The SMILES string of the molecule is O=S(=O)(NCC1(c2ccc(Cl)cc2)CC1)c1ccccc1. The van der Waals surface area contributed by atoms with E-state index in [2.05, 4.69) is 4.72 Å². The predicted molar refractivity (Wildman–Crippen MR) is 84.0 cm³/mol. The Balaban J connectivity index is 1.74. The molecule has 0 atom stereocenters. The maximum absolute atomic E-state index is 12.3. The Morgan fingerprint density at radius 1 is 1.00 bits per heavy atom. The first kappa shape index (κ1) is 14.6. The molecule has 0 spiro atoms. The molecule has 0 radical (unpaired) electrons. The third kappa shape index (κ3) is 3.12. The summed E-state index contributed by atoms with van der Waals surface area (Å²) in [6.45, 7) is 0.422. The lowest BCUT2D eigenvalue weighted by Crippen LogP contribution is -2.32. The van der Waals surface area contributed by atoms with Crippen LogP contribution in [0.5, 0.6) is 0 Å². The highest BCUT2D eigenvalue weighted by molar-refractivity contribution is 7.89. The second-order valence-corrected chi connectivity index (χ2v) is 7.63. The molecule has 1 fully saturated rings. The third-order valence-corrected chi connectivity index (χ3v) is 5.63. The van der Waals surface area contributed by atoms with Crippen LogP contribution in [-0.4, -0.2) is 15.0 Å². The van der Waals surface area contributed by atoms with Gasteiger partial charge in [0, 0.05) is 17.0 Å². The molecule has 0 saturated heterocycles. The van der Waals surface area contributed by atoms with E-state index in [1.807, 2.05) is 24.3 Å². The molecule has 110 valence electrons. The van der Waals surface area contributed by atoms with Crippen LogP contribution < -0.4 is 4.72 Å². The molecular formula is C16H16ClNO2S. The standard InChI is InChI=1S/C16H16ClNO2S/c17-14-8-6-13(7-9-14)16(10-11-16)12-18-21(19,20)15-4-2-1-3-5-15/h1-9,18H,10-12H2. The summed E-state index contributed by atoms with van der Waals surface area (Å²) in [5.41, 5.74) is 1.06. The first-order chi connectivity index (χ1) is 10.0. The van der Waals surface area contributed by atoms with Crippen molar-refractivity contribution in [3.8, 4) is 0 Å². The average molecular weight is 322 g/mol. The van der Waals surface area contributed by atoms with Gasteiger partial charge < -0.3 is 0 Å². The molecule has 1 N–H and O–H groups in total. The quantitative estimate of drug-likeness (QED) is 0.918. The van der Waals surface area contributed by atoms with Gasteiger partial charge in [-0.3, -0.25) is 0 Å². The summed E-state index contributed by atoms with van der Waals surface area (Å²) in [6, 6.07) is 16.1. The molecule has 2 aromatic rings. The van der Waals surface area contributed by atoms with E-state index in [1.54, 1.807) is 30.3 Å². The van der Waals surface area contributed by atoms with Crippen LogP contribution in [0.25, 0.3) is 0 Å². The molecule has 0 heterocycles. The van der Waals surface area contributed by atoms with Gasteiger partial charge in [0.15, 0.2) is 0 Å². The first-order valence-electron chi connectivity index (χ1n) is 6.83. The Morgan fingerprint density at radius 3 is 2.19 bits per heavy atom. The highest BCUT2D eigenvalue weighted by Crippen LogP contribution is 2.47. The number of nitrogens with one attached hydrogen (secondary N) is 1. The maximum atomic E-state index is 12.3. The molecule has 0 aliphatic heterocycles. The van der Waals surface area contributed by atoms with Crippen molar-refractivity contribution in [3.63, 3.8) is 0 Å². The summed E-state index contributed by atoms with van der Waals surface area (Å²) in [5.74, 6) is 0. The lowest BCUT2D eigenvalue weighted by atomic mass is 9.96. The fraction of sp³-hybridized carbons (Fsp3) is 0.250. The number of sulfonamides is 1. The highest BCUT2D eigenvalue weighted by Gasteiger charge is 2.44. The van der Waals surface area contributed by atoms with Crippen molar-refractivity contribution in [1.82, 2.24) is 4.72 Å². The van der Waals surface area contributed by atoms with Gasteiger partial charge in [-0.2, -0.15) is 0 Å².